The highest BCUT2D eigenvalue weighted by Gasteiger charge is 2.68. The fraction of sp³-hybridized carbons (Fsp3) is 0.619. The highest BCUT2D eigenvalue weighted by molar-refractivity contribution is 6.22. The Balaban J connectivity index is 1.54. The van der Waals surface area contributed by atoms with E-state index in [2.05, 4.69) is 26.8 Å². The van der Waals surface area contributed by atoms with Crippen molar-refractivity contribution in [3.05, 3.63) is 29.8 Å². The summed E-state index contributed by atoms with van der Waals surface area (Å²) < 4.78 is 0. The first kappa shape index (κ1) is 14.7. The van der Waals surface area contributed by atoms with Crippen LogP contribution in [0.4, 0.5) is 5.69 Å². The van der Waals surface area contributed by atoms with Crippen LogP contribution in [0.3, 0.4) is 0 Å². The van der Waals surface area contributed by atoms with E-state index >= 15 is 0 Å². The van der Waals surface area contributed by atoms with Gasteiger partial charge in [0.25, 0.3) is 0 Å². The molecule has 0 spiro atoms. The zero-order valence-electron chi connectivity index (χ0n) is 14.7. The molecule has 1 saturated heterocycles. The van der Waals surface area contributed by atoms with E-state index in [0.29, 0.717) is 11.8 Å². The Hall–Kier alpha value is -1.64. The van der Waals surface area contributed by atoms with Gasteiger partial charge >= 0.3 is 0 Å². The second kappa shape index (κ2) is 4.50. The summed E-state index contributed by atoms with van der Waals surface area (Å²) >= 11 is 0. The quantitative estimate of drug-likeness (QED) is 0.738. The number of carbonyl (C=O) groups excluding carboxylic acids is 2. The number of imide groups is 1. The van der Waals surface area contributed by atoms with Crippen molar-refractivity contribution in [3.63, 3.8) is 0 Å². The molecule has 4 saturated carbocycles. The summed E-state index contributed by atoms with van der Waals surface area (Å²) in [5, 5.41) is 0. The SMILES string of the molecule is CC(C)(C)c1cccc(N2C(=O)C3C4CCC(C5CC54)C3C2=O)c1. The van der Waals surface area contributed by atoms with Crippen molar-refractivity contribution in [2.24, 2.45) is 35.5 Å². The first-order valence-corrected chi connectivity index (χ1v) is 9.36. The molecule has 1 aliphatic heterocycles. The lowest BCUT2D eigenvalue weighted by Gasteiger charge is -2.42. The van der Waals surface area contributed by atoms with Crippen LogP contribution in [0.2, 0.25) is 0 Å². The Morgan fingerprint density at radius 2 is 1.50 bits per heavy atom. The molecule has 3 nitrogen and oxygen atoms in total. The Morgan fingerprint density at radius 1 is 0.917 bits per heavy atom. The molecule has 0 aromatic heterocycles. The summed E-state index contributed by atoms with van der Waals surface area (Å²) in [7, 11) is 0. The zero-order chi connectivity index (χ0) is 16.8. The van der Waals surface area contributed by atoms with E-state index in [-0.39, 0.29) is 29.1 Å². The van der Waals surface area contributed by atoms with Crippen molar-refractivity contribution in [2.75, 3.05) is 4.90 Å². The molecule has 2 bridgehead atoms. The minimum absolute atomic E-state index is 0.00917. The molecule has 1 heterocycles. The van der Waals surface area contributed by atoms with Gasteiger partial charge in [0.2, 0.25) is 11.8 Å². The molecule has 0 N–H and O–H groups in total. The van der Waals surface area contributed by atoms with E-state index in [1.165, 1.54) is 16.9 Å². The van der Waals surface area contributed by atoms with Gasteiger partial charge < -0.3 is 0 Å². The first-order chi connectivity index (χ1) is 11.4. The second-order valence-electron chi connectivity index (χ2n) is 9.33. The van der Waals surface area contributed by atoms with Crippen LogP contribution in [0.5, 0.6) is 0 Å². The van der Waals surface area contributed by atoms with Crippen LogP contribution in [-0.4, -0.2) is 11.8 Å². The van der Waals surface area contributed by atoms with E-state index in [4.69, 9.17) is 0 Å². The molecule has 126 valence electrons. The average Bonchev–Trinajstić information content (AvgIpc) is 3.31. The lowest BCUT2D eigenvalue weighted by Crippen LogP contribution is -2.43. The Kier molecular flexibility index (Phi) is 2.75. The van der Waals surface area contributed by atoms with E-state index in [1.54, 1.807) is 0 Å². The predicted molar refractivity (Wildman–Crippen MR) is 92.4 cm³/mol. The lowest BCUT2D eigenvalue weighted by molar-refractivity contribution is -0.129. The summed E-state index contributed by atoms with van der Waals surface area (Å²) in [5.41, 5.74) is 1.95. The average molecular weight is 323 g/mol. The molecule has 5 fully saturated rings. The number of benzene rings is 1. The molecule has 6 unspecified atom stereocenters. The number of fused-ring (bicyclic) bond motifs is 1. The standard InChI is InChI=1S/C21H25NO2/c1-21(2,3)11-5-4-6-12(9-11)22-19(23)17-13-7-8-14(16-10-15(13)16)18(17)20(22)24/h4-6,9,13-18H,7-8,10H2,1-3H3. The largest absolute Gasteiger partial charge is 0.274 e. The van der Waals surface area contributed by atoms with E-state index in [9.17, 15) is 9.59 Å². The summed E-state index contributed by atoms with van der Waals surface area (Å²) in [5.74, 6) is 2.52. The minimum Gasteiger partial charge on any atom is -0.274 e. The molecule has 3 heteroatoms. The van der Waals surface area contributed by atoms with Crippen LogP contribution in [-0.2, 0) is 15.0 Å². The molecule has 0 radical (unpaired) electrons. The van der Waals surface area contributed by atoms with Gasteiger partial charge in [-0.05, 0) is 66.0 Å². The van der Waals surface area contributed by atoms with Crippen molar-refractivity contribution in [1.82, 2.24) is 0 Å². The molecule has 5 aliphatic rings. The van der Waals surface area contributed by atoms with Gasteiger partial charge in [-0.3, -0.25) is 14.5 Å². The molecule has 4 aliphatic carbocycles. The molecule has 1 aromatic carbocycles. The normalized spacial score (nSPS) is 39.9. The number of hydrogen-bond acceptors (Lipinski definition) is 2. The molecular formula is C21H25NO2. The van der Waals surface area contributed by atoms with Gasteiger partial charge in [-0.1, -0.05) is 32.9 Å². The Bertz CT molecular complexity index is 712. The maximum Gasteiger partial charge on any atom is 0.237 e. The highest BCUT2D eigenvalue weighted by atomic mass is 16.2. The van der Waals surface area contributed by atoms with Crippen molar-refractivity contribution in [3.8, 4) is 0 Å². The molecule has 1 aromatic rings. The van der Waals surface area contributed by atoms with Gasteiger partial charge in [-0.2, -0.15) is 0 Å². The number of nitrogens with zero attached hydrogens (tertiary/aromatic N) is 1. The van der Waals surface area contributed by atoms with Crippen molar-refractivity contribution >= 4 is 17.5 Å². The van der Waals surface area contributed by atoms with Gasteiger partial charge in [0, 0.05) is 0 Å². The van der Waals surface area contributed by atoms with Crippen LogP contribution in [0.15, 0.2) is 24.3 Å². The monoisotopic (exact) mass is 323 g/mol. The van der Waals surface area contributed by atoms with E-state index in [0.717, 1.165) is 30.4 Å². The Labute approximate surface area is 143 Å². The minimum atomic E-state index is -0.0294. The molecular weight excluding hydrogens is 298 g/mol. The molecule has 24 heavy (non-hydrogen) atoms. The van der Waals surface area contributed by atoms with Crippen LogP contribution in [0.25, 0.3) is 0 Å². The van der Waals surface area contributed by atoms with Crippen molar-refractivity contribution in [2.45, 2.75) is 45.4 Å². The number of hydrogen-bond donors (Lipinski definition) is 0. The summed E-state index contributed by atoms with van der Waals surface area (Å²) in [6.07, 6.45) is 3.58. The fourth-order valence-corrected chi connectivity index (χ4v) is 5.90. The van der Waals surface area contributed by atoms with Gasteiger partial charge in [0.05, 0.1) is 17.5 Å². The number of carbonyl (C=O) groups is 2. The van der Waals surface area contributed by atoms with E-state index < -0.39 is 0 Å². The van der Waals surface area contributed by atoms with Crippen molar-refractivity contribution in [1.29, 1.82) is 0 Å². The number of amides is 2. The summed E-state index contributed by atoms with van der Waals surface area (Å²) in [6, 6.07) is 8.02. The topological polar surface area (TPSA) is 37.4 Å². The maximum absolute atomic E-state index is 13.2. The van der Waals surface area contributed by atoms with Crippen LogP contribution in [0, 0.1) is 35.5 Å². The third-order valence-electron chi connectivity index (χ3n) is 7.12. The third-order valence-corrected chi connectivity index (χ3v) is 7.12. The highest BCUT2D eigenvalue weighted by Crippen LogP contribution is 2.68. The molecule has 6 rings (SSSR count). The lowest BCUT2D eigenvalue weighted by atomic mass is 9.59. The number of rotatable bonds is 1. The second-order valence-corrected chi connectivity index (χ2v) is 9.33. The van der Waals surface area contributed by atoms with Gasteiger partial charge in [-0.15, -0.1) is 0 Å². The van der Waals surface area contributed by atoms with Gasteiger partial charge in [0.1, 0.15) is 0 Å². The molecule has 2 amide bonds. The predicted octanol–water partition coefficient (Wildman–Crippen LogP) is 3.77. The summed E-state index contributed by atoms with van der Waals surface area (Å²) in [6.45, 7) is 6.48. The Morgan fingerprint density at radius 3 is 2.04 bits per heavy atom. The smallest absolute Gasteiger partial charge is 0.237 e. The van der Waals surface area contributed by atoms with Gasteiger partial charge in [-0.25, -0.2) is 0 Å². The van der Waals surface area contributed by atoms with Crippen LogP contribution < -0.4 is 4.90 Å². The van der Waals surface area contributed by atoms with Crippen LogP contribution >= 0.6 is 0 Å². The van der Waals surface area contributed by atoms with E-state index in [1.807, 2.05) is 18.2 Å². The summed E-state index contributed by atoms with van der Waals surface area (Å²) in [4.78, 5) is 27.9. The first-order valence-electron chi connectivity index (χ1n) is 9.36. The zero-order valence-corrected chi connectivity index (χ0v) is 14.7. The van der Waals surface area contributed by atoms with Crippen LogP contribution in [0.1, 0.15) is 45.6 Å². The fourth-order valence-electron chi connectivity index (χ4n) is 5.90. The maximum atomic E-state index is 13.2. The van der Waals surface area contributed by atoms with Crippen molar-refractivity contribution < 1.29 is 9.59 Å². The number of anilines is 1. The molecule has 6 atom stereocenters. The third kappa shape index (κ3) is 1.79. The van der Waals surface area contributed by atoms with Gasteiger partial charge in [0.15, 0.2) is 0 Å².